The van der Waals surface area contributed by atoms with Crippen LogP contribution in [0.2, 0.25) is 0 Å². The van der Waals surface area contributed by atoms with Crippen LogP contribution in [0.4, 0.5) is 16.3 Å². The molecule has 1 amide bonds. The Hall–Kier alpha value is -3.32. The number of nitrogens with one attached hydrogen (secondary N) is 1. The summed E-state index contributed by atoms with van der Waals surface area (Å²) in [4.78, 5) is 27.2. The van der Waals surface area contributed by atoms with E-state index in [0.717, 1.165) is 0 Å². The standard InChI is InChI=1S/C27H37N7O5/c1-25(2,3)17-7-9-18(10-8-17)32-24(35)36-12-11-33(6)13-19-21-27(14-37-19,39-26(4,5)38-21)34-16-31-20-22(28)29-15-30-23(20)34/h7-10,15-16,19,21H,11-14H2,1-6H3,(H,32,35)(H2,28,29,30). The Bertz CT molecular complexity index is 1340. The number of fused-ring (bicyclic) bond motifs is 2. The highest BCUT2D eigenvalue weighted by Crippen LogP contribution is 2.47. The molecule has 210 valence electrons. The summed E-state index contributed by atoms with van der Waals surface area (Å²) in [6, 6.07) is 7.78. The summed E-state index contributed by atoms with van der Waals surface area (Å²) in [5.41, 5.74) is 8.04. The summed E-state index contributed by atoms with van der Waals surface area (Å²) in [6.07, 6.45) is 1.82. The van der Waals surface area contributed by atoms with Crippen molar-refractivity contribution in [3.05, 3.63) is 42.5 Å². The van der Waals surface area contributed by atoms with Crippen LogP contribution in [0.25, 0.3) is 11.2 Å². The minimum atomic E-state index is -0.955. The van der Waals surface area contributed by atoms with E-state index in [1.165, 1.54) is 11.9 Å². The lowest BCUT2D eigenvalue weighted by Gasteiger charge is -2.29. The Kier molecular flexibility index (Phi) is 7.00. The van der Waals surface area contributed by atoms with Crippen LogP contribution >= 0.6 is 0 Å². The maximum Gasteiger partial charge on any atom is 0.411 e. The molecule has 2 aliphatic heterocycles. The van der Waals surface area contributed by atoms with E-state index in [0.29, 0.717) is 35.8 Å². The van der Waals surface area contributed by atoms with Gasteiger partial charge in [-0.3, -0.25) is 9.88 Å². The summed E-state index contributed by atoms with van der Waals surface area (Å²) >= 11 is 0. The number of hydrogen-bond donors (Lipinski definition) is 2. The van der Waals surface area contributed by atoms with Gasteiger partial charge in [0.2, 0.25) is 5.72 Å². The van der Waals surface area contributed by atoms with Crippen LogP contribution in [0, 0.1) is 0 Å². The predicted molar refractivity (Wildman–Crippen MR) is 145 cm³/mol. The number of nitrogen functional groups attached to an aromatic ring is 1. The van der Waals surface area contributed by atoms with E-state index in [4.69, 9.17) is 24.7 Å². The quantitative estimate of drug-likeness (QED) is 0.460. The molecule has 0 bridgehead atoms. The molecule has 39 heavy (non-hydrogen) atoms. The molecule has 3 atom stereocenters. The van der Waals surface area contributed by atoms with Crippen molar-refractivity contribution in [2.45, 2.75) is 63.8 Å². The number of aromatic nitrogens is 4. The molecule has 2 aliphatic rings. The number of ether oxygens (including phenoxy) is 4. The van der Waals surface area contributed by atoms with Crippen LogP contribution in [-0.4, -0.2) is 81.9 Å². The lowest BCUT2D eigenvalue weighted by atomic mass is 9.87. The molecule has 0 spiro atoms. The molecule has 0 aliphatic carbocycles. The van der Waals surface area contributed by atoms with Gasteiger partial charge in [0, 0.05) is 18.8 Å². The minimum absolute atomic E-state index is 0.0483. The average Bonchev–Trinajstić information content (AvgIpc) is 3.50. The topological polar surface area (TPSA) is 139 Å². The number of nitrogens with zero attached hydrogens (tertiary/aromatic N) is 5. The zero-order valence-corrected chi connectivity index (χ0v) is 23.3. The highest BCUT2D eigenvalue weighted by atomic mass is 16.8. The Labute approximate surface area is 227 Å². The summed E-state index contributed by atoms with van der Waals surface area (Å²) in [5, 5.41) is 2.78. The third kappa shape index (κ3) is 5.42. The van der Waals surface area contributed by atoms with Crippen molar-refractivity contribution in [2.75, 3.05) is 44.4 Å². The number of benzene rings is 1. The Morgan fingerprint density at radius 1 is 1.23 bits per heavy atom. The molecule has 5 rings (SSSR count). The lowest BCUT2D eigenvalue weighted by Crippen LogP contribution is -2.46. The van der Waals surface area contributed by atoms with Crippen molar-refractivity contribution in [3.8, 4) is 0 Å². The summed E-state index contributed by atoms with van der Waals surface area (Å²) in [7, 11) is 1.94. The van der Waals surface area contributed by atoms with Gasteiger partial charge in [0.05, 0.1) is 12.9 Å². The number of carbonyl (C=O) groups excluding carboxylic acids is 1. The van der Waals surface area contributed by atoms with Crippen LogP contribution in [0.3, 0.4) is 0 Å². The van der Waals surface area contributed by atoms with Gasteiger partial charge in [0.25, 0.3) is 0 Å². The van der Waals surface area contributed by atoms with Crippen LogP contribution in [0.1, 0.15) is 40.2 Å². The van der Waals surface area contributed by atoms with Crippen molar-refractivity contribution >= 4 is 28.8 Å². The van der Waals surface area contributed by atoms with Crippen molar-refractivity contribution in [3.63, 3.8) is 0 Å². The fourth-order valence-electron chi connectivity index (χ4n) is 5.13. The maximum atomic E-state index is 12.3. The second-order valence-electron chi connectivity index (χ2n) is 11.6. The van der Waals surface area contributed by atoms with E-state index < -0.39 is 23.7 Å². The molecule has 0 saturated carbocycles. The molecule has 0 radical (unpaired) electrons. The molecular weight excluding hydrogens is 502 g/mol. The van der Waals surface area contributed by atoms with Crippen LogP contribution in [0.15, 0.2) is 36.9 Å². The van der Waals surface area contributed by atoms with Gasteiger partial charge in [-0.15, -0.1) is 0 Å². The maximum absolute atomic E-state index is 12.3. The van der Waals surface area contributed by atoms with E-state index in [1.54, 1.807) is 6.33 Å². The first-order chi connectivity index (χ1) is 18.4. The van der Waals surface area contributed by atoms with Crippen LogP contribution < -0.4 is 11.1 Å². The number of likely N-dealkylation sites (N-methyl/N-ethyl adjacent to an activating group) is 1. The fraction of sp³-hybridized carbons (Fsp3) is 0.556. The number of rotatable bonds is 7. The molecule has 4 heterocycles. The predicted octanol–water partition coefficient (Wildman–Crippen LogP) is 3.09. The van der Waals surface area contributed by atoms with Gasteiger partial charge in [0.1, 0.15) is 30.7 Å². The molecule has 12 heteroatoms. The highest BCUT2D eigenvalue weighted by Gasteiger charge is 2.63. The van der Waals surface area contributed by atoms with Crippen LogP contribution in [0.5, 0.6) is 0 Å². The van der Waals surface area contributed by atoms with Gasteiger partial charge in [-0.25, -0.2) is 19.7 Å². The molecule has 12 nitrogen and oxygen atoms in total. The van der Waals surface area contributed by atoms with E-state index in [1.807, 2.05) is 54.6 Å². The Morgan fingerprint density at radius 3 is 2.69 bits per heavy atom. The smallest absolute Gasteiger partial charge is 0.411 e. The molecule has 3 aromatic rings. The van der Waals surface area contributed by atoms with Gasteiger partial charge in [-0.05, 0) is 44.0 Å². The second kappa shape index (κ2) is 10.0. The van der Waals surface area contributed by atoms with Gasteiger partial charge in [0.15, 0.2) is 17.3 Å². The van der Waals surface area contributed by atoms with E-state index in [-0.39, 0.29) is 24.7 Å². The second-order valence-corrected chi connectivity index (χ2v) is 11.6. The normalized spacial score (nSPS) is 24.3. The molecular formula is C27H37N7O5. The van der Waals surface area contributed by atoms with E-state index in [2.05, 4.69) is 41.0 Å². The zero-order valence-electron chi connectivity index (χ0n) is 23.3. The number of nitrogens with two attached hydrogens (primary N) is 1. The third-order valence-corrected chi connectivity index (χ3v) is 7.08. The number of amides is 1. The van der Waals surface area contributed by atoms with Crippen molar-refractivity contribution < 1.29 is 23.7 Å². The minimum Gasteiger partial charge on any atom is -0.448 e. The molecule has 2 fully saturated rings. The molecule has 2 saturated heterocycles. The largest absolute Gasteiger partial charge is 0.448 e. The van der Waals surface area contributed by atoms with Crippen molar-refractivity contribution in [2.24, 2.45) is 0 Å². The van der Waals surface area contributed by atoms with Gasteiger partial charge >= 0.3 is 6.09 Å². The van der Waals surface area contributed by atoms with Crippen molar-refractivity contribution in [1.82, 2.24) is 24.4 Å². The average molecular weight is 540 g/mol. The number of imidazole rings is 1. The van der Waals surface area contributed by atoms with E-state index >= 15 is 0 Å². The SMILES string of the molecule is CN(CCOC(=O)Nc1ccc(C(C)(C)C)cc1)CC1OCC2(n3cnc4c(N)ncnc43)OC(C)(C)OC12. The van der Waals surface area contributed by atoms with Gasteiger partial charge in [-0.2, -0.15) is 0 Å². The number of hydrogen-bond acceptors (Lipinski definition) is 10. The molecule has 2 aromatic heterocycles. The number of anilines is 2. The summed E-state index contributed by atoms with van der Waals surface area (Å²) in [5.74, 6) is -0.543. The molecule has 3 unspecified atom stereocenters. The van der Waals surface area contributed by atoms with E-state index in [9.17, 15) is 4.79 Å². The Morgan fingerprint density at radius 2 is 1.97 bits per heavy atom. The van der Waals surface area contributed by atoms with Gasteiger partial charge in [-0.1, -0.05) is 32.9 Å². The van der Waals surface area contributed by atoms with Crippen molar-refractivity contribution in [1.29, 1.82) is 0 Å². The summed E-state index contributed by atoms with van der Waals surface area (Å²) in [6.45, 7) is 11.7. The number of carbonyl (C=O) groups is 1. The molecule has 3 N–H and O–H groups in total. The first kappa shape index (κ1) is 27.3. The monoisotopic (exact) mass is 539 g/mol. The Balaban J connectivity index is 1.18. The zero-order chi connectivity index (χ0) is 28.0. The lowest BCUT2D eigenvalue weighted by molar-refractivity contribution is -0.205. The van der Waals surface area contributed by atoms with Crippen LogP contribution in [-0.2, 0) is 30.1 Å². The summed E-state index contributed by atoms with van der Waals surface area (Å²) < 4.78 is 26.2. The van der Waals surface area contributed by atoms with Gasteiger partial charge < -0.3 is 29.6 Å². The first-order valence-corrected chi connectivity index (χ1v) is 13.0. The molecule has 1 aromatic carbocycles. The first-order valence-electron chi connectivity index (χ1n) is 13.0. The highest BCUT2D eigenvalue weighted by molar-refractivity contribution is 5.84. The fourth-order valence-corrected chi connectivity index (χ4v) is 5.13. The third-order valence-electron chi connectivity index (χ3n) is 7.08.